The third kappa shape index (κ3) is 3.88. The van der Waals surface area contributed by atoms with Gasteiger partial charge in [-0.25, -0.2) is 4.79 Å². The van der Waals surface area contributed by atoms with Crippen molar-refractivity contribution in [1.82, 2.24) is 0 Å². The van der Waals surface area contributed by atoms with E-state index in [2.05, 4.69) is 5.16 Å². The van der Waals surface area contributed by atoms with Crippen molar-refractivity contribution in [2.75, 3.05) is 28.4 Å². The maximum absolute atomic E-state index is 12.5. The number of fused-ring (bicyclic) bond motifs is 1. The van der Waals surface area contributed by atoms with Gasteiger partial charge in [0.25, 0.3) is 0 Å². The molecule has 7 heteroatoms. The van der Waals surface area contributed by atoms with Crippen molar-refractivity contribution in [2.24, 2.45) is 5.16 Å². The van der Waals surface area contributed by atoms with E-state index < -0.39 is 5.97 Å². The summed E-state index contributed by atoms with van der Waals surface area (Å²) in [6, 6.07) is 8.87. The van der Waals surface area contributed by atoms with Crippen LogP contribution in [0.5, 0.6) is 23.0 Å². The Morgan fingerprint density at radius 1 is 0.893 bits per heavy atom. The minimum absolute atomic E-state index is 0.254. The van der Waals surface area contributed by atoms with Crippen LogP contribution in [0.2, 0.25) is 0 Å². The largest absolute Gasteiger partial charge is 0.497 e. The Bertz CT molecular complexity index is 881. The molecule has 0 aliphatic heterocycles. The van der Waals surface area contributed by atoms with Crippen LogP contribution in [0.3, 0.4) is 0 Å². The van der Waals surface area contributed by atoms with Crippen molar-refractivity contribution in [2.45, 2.75) is 19.3 Å². The molecule has 0 radical (unpaired) electrons. The second-order valence-corrected chi connectivity index (χ2v) is 6.21. The lowest BCUT2D eigenvalue weighted by atomic mass is 9.90. The number of ether oxygens (including phenoxy) is 4. The Labute approximate surface area is 163 Å². The van der Waals surface area contributed by atoms with Crippen molar-refractivity contribution < 1.29 is 28.6 Å². The molecule has 148 valence electrons. The van der Waals surface area contributed by atoms with Gasteiger partial charge in [-0.2, -0.15) is 0 Å². The fourth-order valence-corrected chi connectivity index (χ4v) is 3.21. The number of benzene rings is 2. The number of aryl methyl sites for hydroxylation is 1. The van der Waals surface area contributed by atoms with E-state index in [0.29, 0.717) is 17.2 Å². The van der Waals surface area contributed by atoms with Gasteiger partial charge in [0.2, 0.25) is 5.75 Å². The lowest BCUT2D eigenvalue weighted by Gasteiger charge is -2.18. The SMILES string of the molecule is COc1ccc2c(c1)CCC/C2=N\OC(=O)c1cc(OC)c(OC)c(OC)c1. The van der Waals surface area contributed by atoms with Crippen molar-refractivity contribution in [1.29, 1.82) is 0 Å². The minimum atomic E-state index is -0.604. The standard InChI is InChI=1S/C21H23NO6/c1-24-15-8-9-16-13(10-15)6-5-7-17(16)22-28-21(23)14-11-18(25-2)20(27-4)19(12-14)26-3/h8-12H,5-7H2,1-4H3/b22-17+. The van der Waals surface area contributed by atoms with Gasteiger partial charge in [0.05, 0.1) is 39.7 Å². The number of oxime groups is 1. The molecule has 28 heavy (non-hydrogen) atoms. The van der Waals surface area contributed by atoms with Crippen LogP contribution < -0.4 is 18.9 Å². The molecule has 0 spiro atoms. The molecule has 0 atom stereocenters. The van der Waals surface area contributed by atoms with E-state index in [4.69, 9.17) is 23.8 Å². The molecular weight excluding hydrogens is 362 g/mol. The first-order chi connectivity index (χ1) is 13.6. The first-order valence-electron chi connectivity index (χ1n) is 8.86. The minimum Gasteiger partial charge on any atom is -0.497 e. The molecule has 0 amide bonds. The maximum atomic E-state index is 12.5. The van der Waals surface area contributed by atoms with Gasteiger partial charge in [-0.1, -0.05) is 5.16 Å². The Morgan fingerprint density at radius 3 is 2.21 bits per heavy atom. The van der Waals surface area contributed by atoms with Crippen LogP contribution >= 0.6 is 0 Å². The topological polar surface area (TPSA) is 75.6 Å². The highest BCUT2D eigenvalue weighted by molar-refractivity contribution is 6.03. The lowest BCUT2D eigenvalue weighted by Crippen LogP contribution is -2.14. The van der Waals surface area contributed by atoms with Crippen molar-refractivity contribution >= 4 is 11.7 Å². The van der Waals surface area contributed by atoms with Gasteiger partial charge < -0.3 is 23.8 Å². The van der Waals surface area contributed by atoms with E-state index in [1.807, 2.05) is 18.2 Å². The third-order valence-corrected chi connectivity index (χ3v) is 4.62. The van der Waals surface area contributed by atoms with Crippen LogP contribution in [0.15, 0.2) is 35.5 Å². The average Bonchev–Trinajstić information content (AvgIpc) is 2.75. The van der Waals surface area contributed by atoms with Crippen molar-refractivity contribution in [3.8, 4) is 23.0 Å². The molecule has 0 N–H and O–H groups in total. The quantitative estimate of drug-likeness (QED) is 0.558. The van der Waals surface area contributed by atoms with E-state index in [0.717, 1.165) is 41.9 Å². The van der Waals surface area contributed by atoms with Gasteiger partial charge >= 0.3 is 5.97 Å². The van der Waals surface area contributed by atoms with Gasteiger partial charge in [-0.05, 0) is 55.2 Å². The summed E-state index contributed by atoms with van der Waals surface area (Å²) in [5.41, 5.74) is 3.10. The van der Waals surface area contributed by atoms with Crippen molar-refractivity contribution in [3.63, 3.8) is 0 Å². The normalized spacial score (nSPS) is 14.2. The molecule has 0 aromatic heterocycles. The summed E-state index contributed by atoms with van der Waals surface area (Å²) in [5, 5.41) is 4.12. The molecule has 0 fully saturated rings. The Balaban J connectivity index is 1.85. The van der Waals surface area contributed by atoms with E-state index in [1.165, 1.54) is 33.5 Å². The highest BCUT2D eigenvalue weighted by Crippen LogP contribution is 2.38. The zero-order chi connectivity index (χ0) is 20.1. The van der Waals surface area contributed by atoms with Crippen LogP contribution in [0.4, 0.5) is 0 Å². The summed E-state index contributed by atoms with van der Waals surface area (Å²) in [6.07, 6.45) is 2.61. The van der Waals surface area contributed by atoms with E-state index in [9.17, 15) is 4.79 Å². The summed E-state index contributed by atoms with van der Waals surface area (Å²) in [5.74, 6) is 1.35. The molecule has 1 aliphatic carbocycles. The second kappa shape index (κ2) is 8.65. The summed E-state index contributed by atoms with van der Waals surface area (Å²) in [7, 11) is 6.11. The zero-order valence-corrected chi connectivity index (χ0v) is 16.4. The maximum Gasteiger partial charge on any atom is 0.366 e. The molecule has 0 saturated heterocycles. The molecule has 1 aliphatic rings. The van der Waals surface area contributed by atoms with Gasteiger partial charge in [0.1, 0.15) is 5.75 Å². The van der Waals surface area contributed by atoms with Crippen LogP contribution in [-0.4, -0.2) is 40.1 Å². The van der Waals surface area contributed by atoms with Gasteiger partial charge in [0, 0.05) is 5.56 Å². The molecule has 2 aromatic carbocycles. The molecule has 0 heterocycles. The van der Waals surface area contributed by atoms with Crippen molar-refractivity contribution in [3.05, 3.63) is 47.0 Å². The number of hydrogen-bond donors (Lipinski definition) is 0. The third-order valence-electron chi connectivity index (χ3n) is 4.62. The van der Waals surface area contributed by atoms with Crippen LogP contribution in [0.1, 0.15) is 34.3 Å². The second-order valence-electron chi connectivity index (χ2n) is 6.21. The Kier molecular flexibility index (Phi) is 6.03. The summed E-state index contributed by atoms with van der Waals surface area (Å²) in [6.45, 7) is 0. The highest BCUT2D eigenvalue weighted by Gasteiger charge is 2.20. The van der Waals surface area contributed by atoms with Crippen LogP contribution in [0.25, 0.3) is 0 Å². The van der Waals surface area contributed by atoms with Crippen LogP contribution in [-0.2, 0) is 11.3 Å². The number of hydrogen-bond acceptors (Lipinski definition) is 7. The van der Waals surface area contributed by atoms with Crippen LogP contribution in [0, 0.1) is 0 Å². The monoisotopic (exact) mass is 385 g/mol. The molecular formula is C21H23NO6. The summed E-state index contributed by atoms with van der Waals surface area (Å²) < 4.78 is 21.1. The first kappa shape index (κ1) is 19.5. The fraction of sp³-hybridized carbons (Fsp3) is 0.333. The zero-order valence-electron chi connectivity index (χ0n) is 16.4. The fourth-order valence-electron chi connectivity index (χ4n) is 3.21. The number of nitrogens with zero attached hydrogens (tertiary/aromatic N) is 1. The van der Waals surface area contributed by atoms with Gasteiger partial charge in [-0.15, -0.1) is 0 Å². The summed E-state index contributed by atoms with van der Waals surface area (Å²) >= 11 is 0. The van der Waals surface area contributed by atoms with E-state index in [1.54, 1.807) is 7.11 Å². The number of rotatable bonds is 6. The lowest BCUT2D eigenvalue weighted by molar-refractivity contribution is 0.0514. The van der Waals surface area contributed by atoms with E-state index >= 15 is 0 Å². The molecule has 0 saturated carbocycles. The van der Waals surface area contributed by atoms with E-state index in [-0.39, 0.29) is 5.56 Å². The molecule has 0 bridgehead atoms. The van der Waals surface area contributed by atoms with Gasteiger partial charge in [-0.3, -0.25) is 0 Å². The Hall–Kier alpha value is -3.22. The molecule has 0 unspecified atom stereocenters. The Morgan fingerprint density at radius 2 is 1.61 bits per heavy atom. The number of methoxy groups -OCH3 is 4. The smallest absolute Gasteiger partial charge is 0.366 e. The first-order valence-corrected chi connectivity index (χ1v) is 8.86. The predicted molar refractivity (Wildman–Crippen MR) is 104 cm³/mol. The number of carbonyl (C=O) groups is 1. The van der Waals surface area contributed by atoms with Gasteiger partial charge in [0.15, 0.2) is 11.5 Å². The summed E-state index contributed by atoms with van der Waals surface area (Å²) in [4.78, 5) is 17.8. The average molecular weight is 385 g/mol. The molecule has 7 nitrogen and oxygen atoms in total. The number of carbonyl (C=O) groups excluding carboxylic acids is 1. The molecule has 2 aromatic rings. The highest BCUT2D eigenvalue weighted by atomic mass is 16.7. The molecule has 3 rings (SSSR count). The predicted octanol–water partition coefficient (Wildman–Crippen LogP) is 3.62.